The molecule has 29 heavy (non-hydrogen) atoms. The monoisotopic (exact) mass is 488 g/mol. The molecule has 3 aromatic rings. The Bertz CT molecular complexity index is 832. The smallest absolute Gasteiger partial charge is 0.0737 e. The standard InChI is InChI=1S/C26H33BrS2/c1-2-3-4-5-6-7-8-9-10-12-17-22-20-24(29-26(22)27)25-23(18-19-28-25)21-15-13-11-14-16-21/h11,13-16,18-20H,2-10,12,17H2,1H3. The fourth-order valence-corrected chi connectivity index (χ4v) is 6.66. The van der Waals surface area contributed by atoms with Gasteiger partial charge in [0.15, 0.2) is 0 Å². The lowest BCUT2D eigenvalue weighted by atomic mass is 10.0. The van der Waals surface area contributed by atoms with E-state index in [1.165, 1.54) is 101 Å². The molecule has 0 aliphatic rings. The molecule has 156 valence electrons. The van der Waals surface area contributed by atoms with Crippen molar-refractivity contribution < 1.29 is 0 Å². The summed E-state index contributed by atoms with van der Waals surface area (Å²) in [5, 5.41) is 2.22. The van der Waals surface area contributed by atoms with Crippen LogP contribution < -0.4 is 0 Å². The Balaban J connectivity index is 1.45. The number of unbranched alkanes of at least 4 members (excludes halogenated alkanes) is 9. The van der Waals surface area contributed by atoms with Crippen molar-refractivity contribution in [3.8, 4) is 20.9 Å². The first-order valence-electron chi connectivity index (χ1n) is 11.2. The van der Waals surface area contributed by atoms with Crippen LogP contribution >= 0.6 is 38.6 Å². The number of rotatable bonds is 13. The molecule has 2 aromatic heterocycles. The van der Waals surface area contributed by atoms with Crippen molar-refractivity contribution in [1.29, 1.82) is 0 Å². The van der Waals surface area contributed by atoms with Crippen molar-refractivity contribution in [2.75, 3.05) is 0 Å². The zero-order chi connectivity index (χ0) is 20.3. The summed E-state index contributed by atoms with van der Waals surface area (Å²) in [4.78, 5) is 2.80. The predicted octanol–water partition coefficient (Wildman–Crippen LogP) is 10.4. The van der Waals surface area contributed by atoms with E-state index in [1.807, 2.05) is 22.7 Å². The summed E-state index contributed by atoms with van der Waals surface area (Å²) in [6.07, 6.45) is 15.2. The molecule has 0 aliphatic heterocycles. The number of benzene rings is 1. The van der Waals surface area contributed by atoms with Gasteiger partial charge in [-0.3, -0.25) is 0 Å². The van der Waals surface area contributed by atoms with Crippen molar-refractivity contribution in [3.05, 3.63) is 57.2 Å². The third-order valence-electron chi connectivity index (χ3n) is 5.53. The van der Waals surface area contributed by atoms with Gasteiger partial charge in [-0.25, -0.2) is 0 Å². The molecular weight excluding hydrogens is 456 g/mol. The highest BCUT2D eigenvalue weighted by molar-refractivity contribution is 9.11. The molecule has 1 aromatic carbocycles. The third-order valence-corrected chi connectivity index (χ3v) is 8.59. The molecule has 0 radical (unpaired) electrons. The van der Waals surface area contributed by atoms with E-state index < -0.39 is 0 Å². The van der Waals surface area contributed by atoms with Crippen molar-refractivity contribution in [2.24, 2.45) is 0 Å². The van der Waals surface area contributed by atoms with E-state index in [0.29, 0.717) is 0 Å². The van der Waals surface area contributed by atoms with Gasteiger partial charge in [0.25, 0.3) is 0 Å². The van der Waals surface area contributed by atoms with Crippen LogP contribution in [0.2, 0.25) is 0 Å². The predicted molar refractivity (Wildman–Crippen MR) is 136 cm³/mol. The van der Waals surface area contributed by atoms with E-state index in [2.05, 4.69) is 70.7 Å². The lowest BCUT2D eigenvalue weighted by molar-refractivity contribution is 0.556. The summed E-state index contributed by atoms with van der Waals surface area (Å²) in [5.41, 5.74) is 4.15. The second kappa shape index (κ2) is 12.7. The first-order valence-corrected chi connectivity index (χ1v) is 13.7. The first-order chi connectivity index (χ1) is 14.3. The molecular formula is C26H33BrS2. The van der Waals surface area contributed by atoms with Crippen LogP contribution in [0, 0.1) is 0 Å². The Labute approximate surface area is 193 Å². The van der Waals surface area contributed by atoms with Crippen LogP contribution in [0.3, 0.4) is 0 Å². The van der Waals surface area contributed by atoms with Crippen LogP contribution in [0.15, 0.2) is 51.6 Å². The highest BCUT2D eigenvalue weighted by Crippen LogP contribution is 2.43. The molecule has 0 spiro atoms. The fourth-order valence-electron chi connectivity index (χ4n) is 3.84. The fraction of sp³-hybridized carbons (Fsp3) is 0.462. The van der Waals surface area contributed by atoms with Crippen molar-refractivity contribution in [1.82, 2.24) is 0 Å². The summed E-state index contributed by atoms with van der Waals surface area (Å²) in [5.74, 6) is 0. The molecule has 3 rings (SSSR count). The Morgan fingerprint density at radius 3 is 2.14 bits per heavy atom. The van der Waals surface area contributed by atoms with Gasteiger partial charge in [0.2, 0.25) is 0 Å². The largest absolute Gasteiger partial charge is 0.142 e. The van der Waals surface area contributed by atoms with Crippen LogP contribution in [-0.4, -0.2) is 0 Å². The molecule has 0 amide bonds. The minimum Gasteiger partial charge on any atom is -0.142 e. The average molecular weight is 490 g/mol. The lowest BCUT2D eigenvalue weighted by Crippen LogP contribution is -1.85. The van der Waals surface area contributed by atoms with E-state index >= 15 is 0 Å². The second-order valence-corrected chi connectivity index (χ2v) is 11.2. The minimum atomic E-state index is 1.19. The van der Waals surface area contributed by atoms with E-state index in [-0.39, 0.29) is 0 Å². The third kappa shape index (κ3) is 7.08. The van der Waals surface area contributed by atoms with Crippen molar-refractivity contribution >= 4 is 38.6 Å². The van der Waals surface area contributed by atoms with Crippen LogP contribution in [0.4, 0.5) is 0 Å². The van der Waals surface area contributed by atoms with Gasteiger partial charge in [-0.2, -0.15) is 0 Å². The van der Waals surface area contributed by atoms with Gasteiger partial charge in [0.1, 0.15) is 0 Å². The van der Waals surface area contributed by atoms with Crippen molar-refractivity contribution in [3.63, 3.8) is 0 Å². The van der Waals surface area contributed by atoms with E-state index in [9.17, 15) is 0 Å². The zero-order valence-electron chi connectivity index (χ0n) is 17.6. The number of aryl methyl sites for hydroxylation is 1. The summed E-state index contributed by atoms with van der Waals surface area (Å²) in [6, 6.07) is 15.4. The maximum atomic E-state index is 3.83. The van der Waals surface area contributed by atoms with Gasteiger partial charge >= 0.3 is 0 Å². The molecule has 3 heteroatoms. The van der Waals surface area contributed by atoms with Gasteiger partial charge in [-0.1, -0.05) is 95.0 Å². The van der Waals surface area contributed by atoms with Crippen molar-refractivity contribution in [2.45, 2.75) is 77.6 Å². The Morgan fingerprint density at radius 2 is 1.45 bits per heavy atom. The molecule has 0 fully saturated rings. The summed E-state index contributed by atoms with van der Waals surface area (Å²) < 4.78 is 1.32. The number of thiophene rings is 2. The number of hydrogen-bond acceptors (Lipinski definition) is 2. The molecule has 0 atom stereocenters. The number of halogens is 1. The Morgan fingerprint density at radius 1 is 0.793 bits per heavy atom. The van der Waals surface area contributed by atoms with Gasteiger partial charge in [-0.05, 0) is 57.4 Å². The van der Waals surface area contributed by atoms with Crippen LogP contribution in [-0.2, 0) is 6.42 Å². The second-order valence-electron chi connectivity index (χ2n) is 7.87. The average Bonchev–Trinajstić information content (AvgIpc) is 3.37. The minimum absolute atomic E-state index is 1.19. The molecule has 2 heterocycles. The van der Waals surface area contributed by atoms with E-state index in [1.54, 1.807) is 0 Å². The quantitative estimate of drug-likeness (QED) is 0.210. The Hall–Kier alpha value is -0.900. The molecule has 0 unspecified atom stereocenters. The summed E-state index contributed by atoms with van der Waals surface area (Å²) >= 11 is 7.57. The molecule has 0 aliphatic carbocycles. The Kier molecular flexibility index (Phi) is 9.99. The highest BCUT2D eigenvalue weighted by atomic mass is 79.9. The van der Waals surface area contributed by atoms with Crippen LogP contribution in [0.5, 0.6) is 0 Å². The first kappa shape index (κ1) is 22.8. The van der Waals surface area contributed by atoms with Crippen LogP contribution in [0.1, 0.15) is 76.7 Å². The summed E-state index contributed by atoms with van der Waals surface area (Å²) in [6.45, 7) is 2.29. The normalized spacial score (nSPS) is 11.2. The SMILES string of the molecule is CCCCCCCCCCCCc1cc(-c2sccc2-c2ccccc2)sc1Br. The van der Waals surface area contributed by atoms with E-state index in [4.69, 9.17) is 0 Å². The molecule has 0 saturated carbocycles. The highest BCUT2D eigenvalue weighted by Gasteiger charge is 2.14. The maximum Gasteiger partial charge on any atom is 0.0737 e. The topological polar surface area (TPSA) is 0 Å². The van der Waals surface area contributed by atoms with Gasteiger partial charge in [-0.15, -0.1) is 22.7 Å². The van der Waals surface area contributed by atoms with Gasteiger partial charge in [0.05, 0.1) is 8.66 Å². The molecule has 0 nitrogen and oxygen atoms in total. The lowest BCUT2D eigenvalue weighted by Gasteiger charge is -2.03. The van der Waals surface area contributed by atoms with Crippen LogP contribution in [0.25, 0.3) is 20.9 Å². The molecule has 0 saturated heterocycles. The molecule has 0 N–H and O–H groups in total. The number of hydrogen-bond donors (Lipinski definition) is 0. The maximum absolute atomic E-state index is 3.83. The van der Waals surface area contributed by atoms with Gasteiger partial charge < -0.3 is 0 Å². The van der Waals surface area contributed by atoms with E-state index in [0.717, 1.165) is 0 Å². The zero-order valence-corrected chi connectivity index (χ0v) is 20.8. The molecule has 0 bridgehead atoms. The van der Waals surface area contributed by atoms with Gasteiger partial charge in [0, 0.05) is 10.4 Å². The summed E-state index contributed by atoms with van der Waals surface area (Å²) in [7, 11) is 0.